The lowest BCUT2D eigenvalue weighted by atomic mass is 10.0. The normalized spacial score (nSPS) is 13.1. The minimum absolute atomic E-state index is 0.301. The van der Waals surface area contributed by atoms with Gasteiger partial charge in [0.25, 0.3) is 0 Å². The van der Waals surface area contributed by atoms with Crippen LogP contribution >= 0.6 is 0 Å². The van der Waals surface area contributed by atoms with Crippen LogP contribution in [0.25, 0.3) is 0 Å². The van der Waals surface area contributed by atoms with E-state index in [1.165, 1.54) is 18.2 Å². The van der Waals surface area contributed by atoms with Crippen molar-refractivity contribution in [3.8, 4) is 0 Å². The maximum Gasteiger partial charge on any atom is 0.183 e. The molecule has 0 spiro atoms. The van der Waals surface area contributed by atoms with Gasteiger partial charge in [0.15, 0.2) is 9.84 Å². The summed E-state index contributed by atoms with van der Waals surface area (Å²) in [6.07, 6.45) is 0. The molecule has 0 heterocycles. The maximum atomic E-state index is 13.7. The highest BCUT2D eigenvalue weighted by molar-refractivity contribution is 7.91. The Morgan fingerprint density at radius 1 is 1.14 bits per heavy atom. The van der Waals surface area contributed by atoms with E-state index >= 15 is 0 Å². The van der Waals surface area contributed by atoms with Gasteiger partial charge in [0.05, 0.1) is 5.75 Å². The van der Waals surface area contributed by atoms with Crippen LogP contribution in [-0.4, -0.2) is 14.2 Å². The molecule has 0 saturated carbocycles. The first-order chi connectivity index (χ1) is 9.81. The molecular formula is C16H18FNO2S. The highest BCUT2D eigenvalue weighted by Crippen LogP contribution is 2.23. The van der Waals surface area contributed by atoms with E-state index in [-0.39, 0.29) is 10.6 Å². The maximum absolute atomic E-state index is 13.7. The highest BCUT2D eigenvalue weighted by atomic mass is 32.2. The molecule has 0 aliphatic carbocycles. The Balaban J connectivity index is 2.30. The lowest BCUT2D eigenvalue weighted by molar-refractivity contribution is 0.562. The largest absolute Gasteiger partial charge is 0.323 e. The molecule has 0 saturated heterocycles. The molecule has 2 N–H and O–H groups in total. The van der Waals surface area contributed by atoms with Gasteiger partial charge in [0.2, 0.25) is 0 Å². The van der Waals surface area contributed by atoms with E-state index < -0.39 is 21.7 Å². The van der Waals surface area contributed by atoms with E-state index in [0.29, 0.717) is 0 Å². The van der Waals surface area contributed by atoms with Crippen LogP contribution in [0.5, 0.6) is 0 Å². The van der Waals surface area contributed by atoms with Crippen molar-refractivity contribution in [3.05, 3.63) is 65.0 Å². The number of halogens is 1. The van der Waals surface area contributed by atoms with Gasteiger partial charge in [-0.3, -0.25) is 0 Å². The van der Waals surface area contributed by atoms with Gasteiger partial charge in [-0.2, -0.15) is 0 Å². The Morgan fingerprint density at radius 2 is 1.81 bits per heavy atom. The van der Waals surface area contributed by atoms with Crippen LogP contribution in [0.15, 0.2) is 47.4 Å². The van der Waals surface area contributed by atoms with Gasteiger partial charge >= 0.3 is 0 Å². The number of rotatable bonds is 4. The van der Waals surface area contributed by atoms with E-state index in [2.05, 4.69) is 0 Å². The summed E-state index contributed by atoms with van der Waals surface area (Å²) in [6, 6.07) is 10.3. The first-order valence-electron chi connectivity index (χ1n) is 6.61. The third-order valence-electron chi connectivity index (χ3n) is 3.40. The smallest absolute Gasteiger partial charge is 0.183 e. The quantitative estimate of drug-likeness (QED) is 0.944. The molecule has 2 aromatic rings. The lowest BCUT2D eigenvalue weighted by Crippen LogP contribution is -2.23. The molecule has 0 amide bonds. The number of hydrogen-bond acceptors (Lipinski definition) is 3. The first kappa shape index (κ1) is 15.7. The molecule has 0 fully saturated rings. The Morgan fingerprint density at radius 3 is 2.43 bits per heavy atom. The molecule has 112 valence electrons. The molecule has 1 unspecified atom stereocenters. The predicted octanol–water partition coefficient (Wildman–Crippen LogP) is 2.92. The zero-order valence-corrected chi connectivity index (χ0v) is 12.8. The van der Waals surface area contributed by atoms with E-state index in [1.807, 2.05) is 32.0 Å². The van der Waals surface area contributed by atoms with Crippen LogP contribution in [0, 0.1) is 19.7 Å². The fourth-order valence-corrected chi connectivity index (χ4v) is 3.84. The standard InChI is InChI=1S/C16H18FNO2S/c1-11-7-8-13(12(2)9-11)15(18)10-21(19,20)16-6-4-3-5-14(16)17/h3-9,15H,10,18H2,1-2H3. The minimum atomic E-state index is -3.77. The summed E-state index contributed by atoms with van der Waals surface area (Å²) < 4.78 is 38.2. The monoisotopic (exact) mass is 307 g/mol. The zero-order valence-electron chi connectivity index (χ0n) is 12.0. The second-order valence-corrected chi connectivity index (χ2v) is 7.18. The SMILES string of the molecule is Cc1ccc(C(N)CS(=O)(=O)c2ccccc2F)c(C)c1. The van der Waals surface area contributed by atoms with Crippen LogP contribution < -0.4 is 5.73 Å². The van der Waals surface area contributed by atoms with Crippen molar-refractivity contribution in [2.45, 2.75) is 24.8 Å². The van der Waals surface area contributed by atoms with Crippen LogP contribution in [0.3, 0.4) is 0 Å². The van der Waals surface area contributed by atoms with Crippen molar-refractivity contribution >= 4 is 9.84 Å². The van der Waals surface area contributed by atoms with Crippen LogP contribution in [0.1, 0.15) is 22.7 Å². The molecule has 21 heavy (non-hydrogen) atoms. The average Bonchev–Trinajstić information content (AvgIpc) is 2.38. The van der Waals surface area contributed by atoms with Crippen molar-refractivity contribution in [1.82, 2.24) is 0 Å². The van der Waals surface area contributed by atoms with Crippen molar-refractivity contribution in [1.29, 1.82) is 0 Å². The number of nitrogens with two attached hydrogens (primary N) is 1. The molecule has 2 rings (SSSR count). The van der Waals surface area contributed by atoms with Gasteiger partial charge in [-0.15, -0.1) is 0 Å². The number of aryl methyl sites for hydroxylation is 2. The topological polar surface area (TPSA) is 60.2 Å². The summed E-state index contributed by atoms with van der Waals surface area (Å²) in [5.74, 6) is -1.07. The van der Waals surface area contributed by atoms with Crippen molar-refractivity contribution in [2.75, 3.05) is 5.75 Å². The van der Waals surface area contributed by atoms with E-state index in [4.69, 9.17) is 5.73 Å². The van der Waals surface area contributed by atoms with Crippen molar-refractivity contribution in [2.24, 2.45) is 5.73 Å². The number of sulfone groups is 1. The predicted molar refractivity (Wildman–Crippen MR) is 81.3 cm³/mol. The summed E-state index contributed by atoms with van der Waals surface area (Å²) in [5.41, 5.74) is 8.80. The molecule has 1 atom stereocenters. The molecule has 5 heteroatoms. The van der Waals surface area contributed by atoms with Gasteiger partial charge in [0.1, 0.15) is 10.7 Å². The molecule has 0 bridgehead atoms. The fourth-order valence-electron chi connectivity index (χ4n) is 2.35. The van der Waals surface area contributed by atoms with Gasteiger partial charge < -0.3 is 5.73 Å². The summed E-state index contributed by atoms with van der Waals surface area (Å²) in [4.78, 5) is -0.301. The zero-order chi connectivity index (χ0) is 15.6. The number of hydrogen-bond donors (Lipinski definition) is 1. The first-order valence-corrected chi connectivity index (χ1v) is 8.26. The Kier molecular flexibility index (Phi) is 4.44. The average molecular weight is 307 g/mol. The third-order valence-corrected chi connectivity index (χ3v) is 5.19. The molecule has 0 aliphatic heterocycles. The summed E-state index contributed by atoms with van der Waals surface area (Å²) in [5, 5.41) is 0. The third kappa shape index (κ3) is 3.49. The summed E-state index contributed by atoms with van der Waals surface area (Å²) in [7, 11) is -3.77. The van der Waals surface area contributed by atoms with Gasteiger partial charge in [-0.1, -0.05) is 35.9 Å². The molecule has 0 radical (unpaired) electrons. The van der Waals surface area contributed by atoms with Gasteiger partial charge in [-0.05, 0) is 37.1 Å². The highest BCUT2D eigenvalue weighted by Gasteiger charge is 2.23. The minimum Gasteiger partial charge on any atom is -0.323 e. The number of benzene rings is 2. The van der Waals surface area contributed by atoms with E-state index in [0.717, 1.165) is 22.8 Å². The van der Waals surface area contributed by atoms with Gasteiger partial charge in [-0.25, -0.2) is 12.8 Å². The fraction of sp³-hybridized carbons (Fsp3) is 0.250. The molecule has 2 aromatic carbocycles. The van der Waals surface area contributed by atoms with E-state index in [1.54, 1.807) is 0 Å². The Labute approximate surface area is 124 Å². The molecule has 3 nitrogen and oxygen atoms in total. The summed E-state index contributed by atoms with van der Waals surface area (Å²) in [6.45, 7) is 3.84. The van der Waals surface area contributed by atoms with Crippen molar-refractivity contribution < 1.29 is 12.8 Å². The molecular weight excluding hydrogens is 289 g/mol. The van der Waals surface area contributed by atoms with Gasteiger partial charge in [0, 0.05) is 6.04 Å². The van der Waals surface area contributed by atoms with E-state index in [9.17, 15) is 12.8 Å². The lowest BCUT2D eigenvalue weighted by Gasteiger charge is -2.16. The van der Waals surface area contributed by atoms with Crippen LogP contribution in [0.4, 0.5) is 4.39 Å². The molecule has 0 aliphatic rings. The summed E-state index contributed by atoms with van der Waals surface area (Å²) >= 11 is 0. The molecule has 0 aromatic heterocycles. The second-order valence-electron chi connectivity index (χ2n) is 5.18. The van der Waals surface area contributed by atoms with Crippen LogP contribution in [0.2, 0.25) is 0 Å². The Bertz CT molecular complexity index is 757. The van der Waals surface area contributed by atoms with Crippen molar-refractivity contribution in [3.63, 3.8) is 0 Å². The second kappa shape index (κ2) is 5.95. The van der Waals surface area contributed by atoms with Crippen LogP contribution in [-0.2, 0) is 9.84 Å². The Hall–Kier alpha value is -1.72.